The smallest absolute Gasteiger partial charge is 0.231 e. The van der Waals surface area contributed by atoms with Crippen LogP contribution in [0.1, 0.15) is 21.5 Å². The minimum Gasteiger partial charge on any atom is -0.489 e. The van der Waals surface area contributed by atoms with Gasteiger partial charge in [0, 0.05) is 16.7 Å². The fourth-order valence-corrected chi connectivity index (χ4v) is 3.11. The first kappa shape index (κ1) is 18.5. The minimum absolute atomic E-state index is 0.166. The van der Waals surface area contributed by atoms with Crippen LogP contribution >= 0.6 is 23.2 Å². The van der Waals surface area contributed by atoms with Gasteiger partial charge in [-0.1, -0.05) is 41.4 Å². The van der Waals surface area contributed by atoms with Gasteiger partial charge in [0.25, 0.3) is 0 Å². The van der Waals surface area contributed by atoms with E-state index in [9.17, 15) is 9.18 Å². The minimum atomic E-state index is -0.404. The second-order valence-corrected chi connectivity index (χ2v) is 7.02. The Morgan fingerprint density at radius 3 is 2.54 bits per heavy atom. The lowest BCUT2D eigenvalue weighted by molar-refractivity contribution is 0.101. The average Bonchev–Trinajstić information content (AvgIpc) is 2.98. The number of benzene rings is 3. The number of Topliss-reactive ketones (excluding diaryl/α,β-unsaturated/α-hetero) is 1. The third-order valence-corrected chi connectivity index (χ3v) is 4.82. The number of rotatable bonds is 4. The highest BCUT2D eigenvalue weighted by atomic mass is 35.5. The molecule has 3 aromatic carbocycles. The van der Waals surface area contributed by atoms with Crippen LogP contribution in [0.25, 0.3) is 6.08 Å². The van der Waals surface area contributed by atoms with Crippen molar-refractivity contribution in [2.45, 2.75) is 6.61 Å². The lowest BCUT2D eigenvalue weighted by Gasteiger charge is -2.08. The van der Waals surface area contributed by atoms with Crippen molar-refractivity contribution in [3.8, 4) is 11.5 Å². The standard InChI is InChI=1S/C22H13Cl2FO3/c23-15-4-1-13(2-5-15)9-21-22(26)18-8-7-17(11-20(18)28-21)27-12-14-3-6-16(25)10-19(14)24/h1-11H,12H2/b21-9-. The van der Waals surface area contributed by atoms with Gasteiger partial charge >= 0.3 is 0 Å². The summed E-state index contributed by atoms with van der Waals surface area (Å²) in [6.07, 6.45) is 1.66. The molecule has 0 bridgehead atoms. The van der Waals surface area contributed by atoms with Crippen LogP contribution in [0.2, 0.25) is 10.0 Å². The van der Waals surface area contributed by atoms with Crippen molar-refractivity contribution >= 4 is 35.1 Å². The second-order valence-electron chi connectivity index (χ2n) is 6.17. The zero-order chi connectivity index (χ0) is 19.7. The summed E-state index contributed by atoms with van der Waals surface area (Å²) in [4.78, 5) is 12.5. The van der Waals surface area contributed by atoms with Crippen molar-refractivity contribution in [1.82, 2.24) is 0 Å². The van der Waals surface area contributed by atoms with Crippen molar-refractivity contribution in [1.29, 1.82) is 0 Å². The van der Waals surface area contributed by atoms with E-state index in [-0.39, 0.29) is 18.1 Å². The van der Waals surface area contributed by atoms with Gasteiger partial charge in [0.15, 0.2) is 5.76 Å². The molecule has 1 aliphatic heterocycles. The van der Waals surface area contributed by atoms with Crippen molar-refractivity contribution in [3.05, 3.63) is 99.0 Å². The molecule has 140 valence electrons. The zero-order valence-corrected chi connectivity index (χ0v) is 15.9. The normalized spacial score (nSPS) is 14.1. The van der Waals surface area contributed by atoms with Crippen LogP contribution in [-0.2, 0) is 6.61 Å². The first-order valence-corrected chi connectivity index (χ1v) is 9.16. The number of carbonyl (C=O) groups excluding carboxylic acids is 1. The molecule has 0 aromatic heterocycles. The Hall–Kier alpha value is -2.82. The molecule has 0 aliphatic carbocycles. The van der Waals surface area contributed by atoms with Crippen molar-refractivity contribution in [3.63, 3.8) is 0 Å². The fourth-order valence-electron chi connectivity index (χ4n) is 2.77. The molecule has 0 fully saturated rings. The lowest BCUT2D eigenvalue weighted by atomic mass is 10.1. The van der Waals surface area contributed by atoms with Crippen LogP contribution in [0.3, 0.4) is 0 Å². The Balaban J connectivity index is 1.51. The monoisotopic (exact) mass is 414 g/mol. The molecule has 4 rings (SSSR count). The number of halogens is 3. The molecule has 0 spiro atoms. The molecule has 0 unspecified atom stereocenters. The average molecular weight is 415 g/mol. The Kier molecular flexibility index (Phi) is 5.07. The summed E-state index contributed by atoms with van der Waals surface area (Å²) in [5.74, 6) is 0.569. The summed E-state index contributed by atoms with van der Waals surface area (Å²) < 4.78 is 24.5. The van der Waals surface area contributed by atoms with E-state index in [0.29, 0.717) is 32.7 Å². The predicted molar refractivity (Wildman–Crippen MR) is 107 cm³/mol. The summed E-state index contributed by atoms with van der Waals surface area (Å²) in [5.41, 5.74) is 1.93. The Morgan fingerprint density at radius 2 is 1.79 bits per heavy atom. The molecule has 0 N–H and O–H groups in total. The highest BCUT2D eigenvalue weighted by Crippen LogP contribution is 2.35. The highest BCUT2D eigenvalue weighted by molar-refractivity contribution is 6.31. The molecule has 3 nitrogen and oxygen atoms in total. The third kappa shape index (κ3) is 3.88. The van der Waals surface area contributed by atoms with E-state index in [0.717, 1.165) is 5.56 Å². The van der Waals surface area contributed by atoms with Crippen molar-refractivity contribution < 1.29 is 18.7 Å². The summed E-state index contributed by atoms with van der Waals surface area (Å²) in [7, 11) is 0. The highest BCUT2D eigenvalue weighted by Gasteiger charge is 2.27. The maximum absolute atomic E-state index is 13.1. The van der Waals surface area contributed by atoms with Gasteiger partial charge in [0.05, 0.1) is 10.6 Å². The molecule has 0 atom stereocenters. The van der Waals surface area contributed by atoms with Gasteiger partial charge in [0.1, 0.15) is 23.9 Å². The molecule has 0 radical (unpaired) electrons. The van der Waals surface area contributed by atoms with Crippen LogP contribution in [0.4, 0.5) is 4.39 Å². The maximum atomic E-state index is 13.1. The first-order valence-electron chi connectivity index (χ1n) is 8.40. The fraction of sp³-hybridized carbons (Fsp3) is 0.0455. The number of ether oxygens (including phenoxy) is 2. The number of ketones is 1. The van der Waals surface area contributed by atoms with Gasteiger partial charge in [0.2, 0.25) is 5.78 Å². The first-order chi connectivity index (χ1) is 13.5. The van der Waals surface area contributed by atoms with Gasteiger partial charge in [-0.2, -0.15) is 0 Å². The van der Waals surface area contributed by atoms with Crippen molar-refractivity contribution in [2.24, 2.45) is 0 Å². The zero-order valence-electron chi connectivity index (χ0n) is 14.4. The molecular weight excluding hydrogens is 402 g/mol. The van der Waals surface area contributed by atoms with E-state index >= 15 is 0 Å². The summed E-state index contributed by atoms with van der Waals surface area (Å²) in [5, 5.41) is 0.910. The molecule has 1 aliphatic rings. The van der Waals surface area contributed by atoms with E-state index < -0.39 is 5.82 Å². The van der Waals surface area contributed by atoms with E-state index in [1.165, 1.54) is 12.1 Å². The molecule has 28 heavy (non-hydrogen) atoms. The van der Waals surface area contributed by atoms with Gasteiger partial charge in [-0.05, 0) is 48.0 Å². The summed E-state index contributed by atoms with van der Waals surface area (Å²) in [6, 6.07) is 16.2. The van der Waals surface area contributed by atoms with E-state index in [4.69, 9.17) is 32.7 Å². The SMILES string of the molecule is O=C1/C(=C/c2ccc(Cl)cc2)Oc2cc(OCc3ccc(F)cc3Cl)ccc21. The van der Waals surface area contributed by atoms with E-state index in [1.807, 2.05) is 0 Å². The summed E-state index contributed by atoms with van der Waals surface area (Å²) in [6.45, 7) is 0.166. The topological polar surface area (TPSA) is 35.5 Å². The quantitative estimate of drug-likeness (QED) is 0.468. The number of allylic oxidation sites excluding steroid dienone is 1. The predicted octanol–water partition coefficient (Wildman–Crippen LogP) is 6.33. The van der Waals surface area contributed by atoms with Crippen LogP contribution in [-0.4, -0.2) is 5.78 Å². The molecule has 0 saturated carbocycles. The maximum Gasteiger partial charge on any atom is 0.231 e. The molecular formula is C22H13Cl2FO3. The van der Waals surface area contributed by atoms with Crippen molar-refractivity contribution in [2.75, 3.05) is 0 Å². The molecule has 3 aromatic rings. The second kappa shape index (κ2) is 7.66. The van der Waals surface area contributed by atoms with Gasteiger partial charge in [-0.3, -0.25) is 4.79 Å². The van der Waals surface area contributed by atoms with Gasteiger partial charge in [-0.25, -0.2) is 4.39 Å². The van der Waals surface area contributed by atoms with Gasteiger partial charge < -0.3 is 9.47 Å². The Labute approximate surface area is 170 Å². The van der Waals surface area contributed by atoms with E-state index in [1.54, 1.807) is 54.6 Å². The van der Waals surface area contributed by atoms with Crippen LogP contribution in [0.5, 0.6) is 11.5 Å². The molecule has 1 heterocycles. The largest absolute Gasteiger partial charge is 0.489 e. The number of hydrogen-bond donors (Lipinski definition) is 0. The number of hydrogen-bond acceptors (Lipinski definition) is 3. The van der Waals surface area contributed by atoms with Gasteiger partial charge in [-0.15, -0.1) is 0 Å². The van der Waals surface area contributed by atoms with E-state index in [2.05, 4.69) is 0 Å². The van der Waals surface area contributed by atoms with Crippen LogP contribution in [0.15, 0.2) is 66.4 Å². The Morgan fingerprint density at radius 1 is 1.00 bits per heavy atom. The molecule has 0 amide bonds. The summed E-state index contributed by atoms with van der Waals surface area (Å²) >= 11 is 11.9. The Bertz CT molecular complexity index is 1090. The third-order valence-electron chi connectivity index (χ3n) is 4.22. The lowest BCUT2D eigenvalue weighted by Crippen LogP contribution is -1.98. The number of carbonyl (C=O) groups is 1. The van der Waals surface area contributed by atoms with Crippen LogP contribution < -0.4 is 9.47 Å². The number of fused-ring (bicyclic) bond motifs is 1. The van der Waals surface area contributed by atoms with Crippen LogP contribution in [0, 0.1) is 5.82 Å². The molecule has 6 heteroatoms. The molecule has 0 saturated heterocycles.